The zero-order valence-corrected chi connectivity index (χ0v) is 22.1. The van der Waals surface area contributed by atoms with Crippen molar-refractivity contribution in [2.75, 3.05) is 12.3 Å². The highest BCUT2D eigenvalue weighted by atomic mass is 16.5. The maximum Gasteiger partial charge on any atom is 0.223 e. The van der Waals surface area contributed by atoms with Crippen LogP contribution in [0.2, 0.25) is 0 Å². The molecule has 0 atom stereocenters. The lowest BCUT2D eigenvalue weighted by atomic mass is 9.88. The first kappa shape index (κ1) is 25.2. The number of carbonyl (C=O) groups is 1. The minimum absolute atomic E-state index is 0.104. The SMILES string of the molecule is CCOCc1nc2c(N)nc3cc(-c4ccccc4)ccc3c2n1CC(C)(C)NC(=O)C1CCCCC1. The second-order valence-corrected chi connectivity index (χ2v) is 10.8. The average molecular weight is 500 g/mol. The van der Waals surface area contributed by atoms with E-state index in [1.807, 2.05) is 25.1 Å². The quantitative estimate of drug-likeness (QED) is 0.317. The van der Waals surface area contributed by atoms with E-state index in [4.69, 9.17) is 20.4 Å². The summed E-state index contributed by atoms with van der Waals surface area (Å²) < 4.78 is 7.94. The van der Waals surface area contributed by atoms with Gasteiger partial charge in [0.2, 0.25) is 5.91 Å². The summed E-state index contributed by atoms with van der Waals surface area (Å²) in [6.07, 6.45) is 5.44. The molecule has 1 amide bonds. The largest absolute Gasteiger partial charge is 0.382 e. The normalized spacial score (nSPS) is 14.9. The topological polar surface area (TPSA) is 95.1 Å². The predicted octanol–water partition coefficient (Wildman–Crippen LogP) is 5.85. The first-order valence-electron chi connectivity index (χ1n) is 13.4. The maximum atomic E-state index is 13.1. The van der Waals surface area contributed by atoms with Crippen molar-refractivity contribution < 1.29 is 9.53 Å². The number of hydrogen-bond acceptors (Lipinski definition) is 5. The van der Waals surface area contributed by atoms with Crippen molar-refractivity contribution in [1.82, 2.24) is 19.9 Å². The Bertz CT molecular complexity index is 1400. The van der Waals surface area contributed by atoms with Gasteiger partial charge in [0.25, 0.3) is 0 Å². The number of pyridine rings is 1. The van der Waals surface area contributed by atoms with Gasteiger partial charge in [0.1, 0.15) is 17.9 Å². The fraction of sp³-hybridized carbons (Fsp3) is 0.433. The minimum atomic E-state index is -0.489. The summed E-state index contributed by atoms with van der Waals surface area (Å²) in [5.74, 6) is 1.43. The number of imidazole rings is 1. The van der Waals surface area contributed by atoms with Crippen LogP contribution in [0, 0.1) is 5.92 Å². The number of aromatic nitrogens is 3. The van der Waals surface area contributed by atoms with Crippen LogP contribution in [0.15, 0.2) is 48.5 Å². The number of nitrogens with one attached hydrogen (secondary N) is 1. The molecule has 3 N–H and O–H groups in total. The molecule has 7 heteroatoms. The van der Waals surface area contributed by atoms with Crippen LogP contribution in [0.3, 0.4) is 0 Å². The predicted molar refractivity (Wildman–Crippen MR) is 149 cm³/mol. The number of carbonyl (C=O) groups excluding carboxylic acids is 1. The lowest BCUT2D eigenvalue weighted by Crippen LogP contribution is -2.49. The van der Waals surface area contributed by atoms with Gasteiger partial charge in [-0.1, -0.05) is 61.7 Å². The zero-order chi connectivity index (χ0) is 26.0. The Kier molecular flexibility index (Phi) is 7.15. The van der Waals surface area contributed by atoms with Gasteiger partial charge in [-0.3, -0.25) is 4.79 Å². The average Bonchev–Trinajstić information content (AvgIpc) is 3.26. The molecule has 0 unspecified atom stereocenters. The summed E-state index contributed by atoms with van der Waals surface area (Å²) in [7, 11) is 0. The van der Waals surface area contributed by atoms with Crippen molar-refractivity contribution >= 4 is 33.7 Å². The monoisotopic (exact) mass is 499 g/mol. The zero-order valence-electron chi connectivity index (χ0n) is 22.1. The van der Waals surface area contributed by atoms with Crippen LogP contribution in [0.25, 0.3) is 33.1 Å². The smallest absolute Gasteiger partial charge is 0.223 e. The molecule has 2 aromatic carbocycles. The molecule has 2 heterocycles. The summed E-state index contributed by atoms with van der Waals surface area (Å²) >= 11 is 0. The van der Waals surface area contributed by atoms with Gasteiger partial charge in [-0.25, -0.2) is 9.97 Å². The summed E-state index contributed by atoms with van der Waals surface area (Å²) in [5, 5.41) is 4.31. The number of nitrogens with two attached hydrogens (primary N) is 1. The molecule has 4 aromatic rings. The second-order valence-electron chi connectivity index (χ2n) is 10.8. The van der Waals surface area contributed by atoms with Gasteiger partial charge >= 0.3 is 0 Å². The Labute approximate surface area is 218 Å². The lowest BCUT2D eigenvalue weighted by molar-refractivity contribution is -0.127. The van der Waals surface area contributed by atoms with Crippen LogP contribution in [0.1, 0.15) is 58.7 Å². The van der Waals surface area contributed by atoms with Crippen LogP contribution < -0.4 is 11.1 Å². The van der Waals surface area contributed by atoms with E-state index in [1.165, 1.54) is 6.42 Å². The third-order valence-corrected chi connectivity index (χ3v) is 7.32. The number of benzene rings is 2. The minimum Gasteiger partial charge on any atom is -0.382 e. The molecule has 0 bridgehead atoms. The first-order valence-corrected chi connectivity index (χ1v) is 13.4. The number of nitrogen functional groups attached to an aromatic ring is 1. The second kappa shape index (κ2) is 10.5. The van der Waals surface area contributed by atoms with E-state index in [0.717, 1.165) is 59.1 Å². The number of hydrogen-bond donors (Lipinski definition) is 2. The molecule has 1 fully saturated rings. The molecule has 1 aliphatic rings. The third-order valence-electron chi connectivity index (χ3n) is 7.32. The molecule has 5 rings (SSSR count). The lowest BCUT2D eigenvalue weighted by Gasteiger charge is -2.31. The number of fused-ring (bicyclic) bond motifs is 3. The van der Waals surface area contributed by atoms with E-state index < -0.39 is 5.54 Å². The standard InChI is InChI=1S/C30H37N5O2/c1-4-37-18-25-33-26-27(35(25)19-30(2,3)34-29(36)21-13-9-6-10-14-21)23-16-15-22(17-24(23)32-28(26)31)20-11-7-5-8-12-20/h5,7-8,11-12,15-17,21H,4,6,9-10,13-14,18-19H2,1-3H3,(H2,31,32)(H,34,36). The van der Waals surface area contributed by atoms with Crippen molar-refractivity contribution in [3.63, 3.8) is 0 Å². The molecule has 0 aliphatic heterocycles. The number of rotatable bonds is 8. The highest BCUT2D eigenvalue weighted by molar-refractivity contribution is 6.07. The van der Waals surface area contributed by atoms with Gasteiger partial charge in [-0.15, -0.1) is 0 Å². The fourth-order valence-electron chi connectivity index (χ4n) is 5.48. The number of ether oxygens (including phenoxy) is 1. The Morgan fingerprint density at radius 3 is 2.57 bits per heavy atom. The maximum absolute atomic E-state index is 13.1. The number of nitrogens with zero attached hydrogens (tertiary/aromatic N) is 3. The van der Waals surface area contributed by atoms with Crippen molar-refractivity contribution in [2.24, 2.45) is 5.92 Å². The molecule has 1 aliphatic carbocycles. The highest BCUT2D eigenvalue weighted by Gasteiger charge is 2.29. The number of anilines is 1. The van der Waals surface area contributed by atoms with Crippen molar-refractivity contribution in [2.45, 2.75) is 71.6 Å². The van der Waals surface area contributed by atoms with Crippen molar-refractivity contribution in [3.05, 3.63) is 54.4 Å². The molecule has 1 saturated carbocycles. The summed E-state index contributed by atoms with van der Waals surface area (Å²) in [6, 6.07) is 16.5. The summed E-state index contributed by atoms with van der Waals surface area (Å²) in [6.45, 7) is 7.61. The van der Waals surface area contributed by atoms with Crippen LogP contribution in [-0.4, -0.2) is 32.6 Å². The summed E-state index contributed by atoms with van der Waals surface area (Å²) in [4.78, 5) is 22.7. The van der Waals surface area contributed by atoms with Crippen molar-refractivity contribution in [1.29, 1.82) is 0 Å². The molecule has 0 spiro atoms. The molecule has 0 radical (unpaired) electrons. The van der Waals surface area contributed by atoms with Crippen LogP contribution in [0.4, 0.5) is 5.82 Å². The molecular weight excluding hydrogens is 462 g/mol. The van der Waals surface area contributed by atoms with Crippen LogP contribution in [-0.2, 0) is 22.7 Å². The summed E-state index contributed by atoms with van der Waals surface area (Å²) in [5.41, 5.74) is 10.6. The molecule has 7 nitrogen and oxygen atoms in total. The van der Waals surface area contributed by atoms with Gasteiger partial charge in [0, 0.05) is 24.5 Å². The number of amides is 1. The van der Waals surface area contributed by atoms with E-state index in [-0.39, 0.29) is 11.8 Å². The molecule has 194 valence electrons. The Morgan fingerprint density at radius 1 is 1.08 bits per heavy atom. The Hall–Kier alpha value is -3.45. The van der Waals surface area contributed by atoms with Crippen LogP contribution in [0.5, 0.6) is 0 Å². The van der Waals surface area contributed by atoms with E-state index >= 15 is 0 Å². The fourth-order valence-corrected chi connectivity index (χ4v) is 5.48. The highest BCUT2D eigenvalue weighted by Crippen LogP contribution is 2.33. The molecular formula is C30H37N5O2. The van der Waals surface area contributed by atoms with E-state index in [0.29, 0.717) is 31.1 Å². The first-order chi connectivity index (χ1) is 17.9. The van der Waals surface area contributed by atoms with Gasteiger partial charge in [0.05, 0.1) is 16.6 Å². The Balaban J connectivity index is 1.57. The van der Waals surface area contributed by atoms with E-state index in [2.05, 4.69) is 54.1 Å². The van der Waals surface area contributed by atoms with E-state index in [1.54, 1.807) is 0 Å². The van der Waals surface area contributed by atoms with Crippen molar-refractivity contribution in [3.8, 4) is 11.1 Å². The Morgan fingerprint density at radius 2 is 1.84 bits per heavy atom. The van der Waals surface area contributed by atoms with Gasteiger partial charge in [-0.05, 0) is 50.8 Å². The molecule has 2 aromatic heterocycles. The molecule has 0 saturated heterocycles. The van der Waals surface area contributed by atoms with E-state index in [9.17, 15) is 4.79 Å². The third kappa shape index (κ3) is 5.32. The molecule has 37 heavy (non-hydrogen) atoms. The van der Waals surface area contributed by atoms with Gasteiger partial charge in [0.15, 0.2) is 5.82 Å². The van der Waals surface area contributed by atoms with Crippen LogP contribution >= 0.6 is 0 Å². The van der Waals surface area contributed by atoms with Gasteiger partial charge in [-0.2, -0.15) is 0 Å². The van der Waals surface area contributed by atoms with Gasteiger partial charge < -0.3 is 20.4 Å².